The van der Waals surface area contributed by atoms with Crippen LogP contribution in [0.2, 0.25) is 5.02 Å². The summed E-state index contributed by atoms with van der Waals surface area (Å²) in [6.07, 6.45) is 0.417. The van der Waals surface area contributed by atoms with Gasteiger partial charge >= 0.3 is 0 Å². The summed E-state index contributed by atoms with van der Waals surface area (Å²) in [6, 6.07) is 8.29. The molecule has 0 aromatic heterocycles. The first-order valence-corrected chi connectivity index (χ1v) is 7.66. The molecule has 1 heterocycles. The molecule has 1 fully saturated rings. The zero-order chi connectivity index (χ0) is 17.3. The van der Waals surface area contributed by atoms with Crippen molar-refractivity contribution in [1.29, 1.82) is 0 Å². The van der Waals surface area contributed by atoms with Crippen molar-refractivity contribution in [2.75, 3.05) is 11.4 Å². The van der Waals surface area contributed by atoms with E-state index >= 15 is 0 Å². The van der Waals surface area contributed by atoms with Crippen LogP contribution in [0.25, 0.3) is 0 Å². The maximum Gasteiger partial charge on any atom is 0.253 e. The predicted molar refractivity (Wildman–Crippen MR) is 86.0 cm³/mol. The average molecular weight is 351 g/mol. The molecule has 1 atom stereocenters. The van der Waals surface area contributed by atoms with Crippen molar-refractivity contribution >= 4 is 29.1 Å². The molecule has 2 amide bonds. The number of halogens is 3. The summed E-state index contributed by atoms with van der Waals surface area (Å²) in [5.74, 6) is -1.76. The molecule has 1 saturated heterocycles. The van der Waals surface area contributed by atoms with Crippen LogP contribution in [0.1, 0.15) is 16.8 Å². The summed E-state index contributed by atoms with van der Waals surface area (Å²) in [7, 11) is 0. The highest BCUT2D eigenvalue weighted by Crippen LogP contribution is 2.23. The molecule has 0 spiro atoms. The lowest BCUT2D eigenvalue weighted by molar-refractivity contribution is -0.118. The third-order valence-corrected chi connectivity index (χ3v) is 4.14. The maximum atomic E-state index is 13.0. The van der Waals surface area contributed by atoms with E-state index in [1.807, 2.05) is 0 Å². The third kappa shape index (κ3) is 3.23. The van der Waals surface area contributed by atoms with Crippen molar-refractivity contribution in [3.8, 4) is 0 Å². The molecule has 1 unspecified atom stereocenters. The quantitative estimate of drug-likeness (QED) is 0.924. The highest BCUT2D eigenvalue weighted by Gasteiger charge is 2.34. The third-order valence-electron chi connectivity index (χ3n) is 3.82. The van der Waals surface area contributed by atoms with Crippen LogP contribution in [0.15, 0.2) is 42.5 Å². The molecule has 2 aromatic carbocycles. The Morgan fingerprint density at radius 1 is 1.12 bits per heavy atom. The molecular weight excluding hydrogens is 338 g/mol. The van der Waals surface area contributed by atoms with Gasteiger partial charge in [0, 0.05) is 12.2 Å². The van der Waals surface area contributed by atoms with Gasteiger partial charge in [0.05, 0.1) is 10.6 Å². The molecule has 1 aliphatic rings. The zero-order valence-corrected chi connectivity index (χ0v) is 13.2. The predicted octanol–water partition coefficient (Wildman–Crippen LogP) is 3.15. The Hall–Kier alpha value is -2.47. The summed E-state index contributed by atoms with van der Waals surface area (Å²) in [5.41, 5.74) is 0.670. The fraction of sp³-hybridized carbons (Fsp3) is 0.176. The van der Waals surface area contributed by atoms with E-state index in [0.29, 0.717) is 18.7 Å². The Morgan fingerprint density at radius 2 is 1.79 bits per heavy atom. The van der Waals surface area contributed by atoms with Gasteiger partial charge in [-0.1, -0.05) is 11.6 Å². The van der Waals surface area contributed by atoms with E-state index in [1.165, 1.54) is 35.2 Å². The van der Waals surface area contributed by atoms with E-state index in [1.54, 1.807) is 0 Å². The molecule has 0 radical (unpaired) electrons. The lowest BCUT2D eigenvalue weighted by Gasteiger charge is -2.17. The molecule has 1 aliphatic heterocycles. The van der Waals surface area contributed by atoms with Crippen LogP contribution >= 0.6 is 11.6 Å². The van der Waals surface area contributed by atoms with E-state index < -0.39 is 17.8 Å². The lowest BCUT2D eigenvalue weighted by Crippen LogP contribution is -2.41. The van der Waals surface area contributed by atoms with Gasteiger partial charge < -0.3 is 10.2 Å². The Morgan fingerprint density at radius 3 is 2.46 bits per heavy atom. The van der Waals surface area contributed by atoms with Gasteiger partial charge in [-0.15, -0.1) is 0 Å². The fourth-order valence-electron chi connectivity index (χ4n) is 2.60. The molecule has 0 aliphatic carbocycles. The standard InChI is InChI=1S/C17H13ClF2N2O2/c18-14-9-11(20)3-6-13(14)16(23)21-15-7-8-22(17(15)24)12-4-1-10(19)2-5-12/h1-6,9,15H,7-8H2,(H,21,23). The number of anilines is 1. The van der Waals surface area contributed by atoms with E-state index in [9.17, 15) is 18.4 Å². The molecule has 2 aromatic rings. The van der Waals surface area contributed by atoms with Crippen molar-refractivity contribution in [2.45, 2.75) is 12.5 Å². The molecule has 124 valence electrons. The minimum absolute atomic E-state index is 0.0201. The van der Waals surface area contributed by atoms with Gasteiger partial charge in [-0.2, -0.15) is 0 Å². The summed E-state index contributed by atoms with van der Waals surface area (Å²) in [6.45, 7) is 0.409. The van der Waals surface area contributed by atoms with Crippen LogP contribution in [-0.4, -0.2) is 24.4 Å². The normalized spacial score (nSPS) is 17.2. The number of carbonyl (C=O) groups excluding carboxylic acids is 2. The smallest absolute Gasteiger partial charge is 0.253 e. The van der Waals surface area contributed by atoms with E-state index in [4.69, 9.17) is 11.6 Å². The summed E-state index contributed by atoms with van der Waals surface area (Å²) >= 11 is 5.85. The zero-order valence-electron chi connectivity index (χ0n) is 12.4. The van der Waals surface area contributed by atoms with Gasteiger partial charge in [0.1, 0.15) is 17.7 Å². The second-order valence-electron chi connectivity index (χ2n) is 5.41. The van der Waals surface area contributed by atoms with Crippen LogP contribution in [-0.2, 0) is 4.79 Å². The molecule has 4 nitrogen and oxygen atoms in total. The number of nitrogens with one attached hydrogen (secondary N) is 1. The highest BCUT2D eigenvalue weighted by molar-refractivity contribution is 6.33. The number of nitrogens with zero attached hydrogens (tertiary/aromatic N) is 1. The average Bonchev–Trinajstić information content (AvgIpc) is 2.89. The molecular formula is C17H13ClF2N2O2. The van der Waals surface area contributed by atoms with Crippen LogP contribution in [0.4, 0.5) is 14.5 Å². The van der Waals surface area contributed by atoms with Crippen molar-refractivity contribution in [2.24, 2.45) is 0 Å². The van der Waals surface area contributed by atoms with Gasteiger partial charge in [-0.05, 0) is 48.9 Å². The number of hydrogen-bond donors (Lipinski definition) is 1. The van der Waals surface area contributed by atoms with E-state index in [2.05, 4.69) is 5.32 Å². The van der Waals surface area contributed by atoms with Gasteiger partial charge in [0.2, 0.25) is 5.91 Å². The van der Waals surface area contributed by atoms with Gasteiger partial charge in [-0.25, -0.2) is 8.78 Å². The first-order chi connectivity index (χ1) is 11.5. The summed E-state index contributed by atoms with van der Waals surface area (Å²) in [4.78, 5) is 26.1. The topological polar surface area (TPSA) is 49.4 Å². The van der Waals surface area contributed by atoms with Crippen molar-refractivity contribution in [3.63, 3.8) is 0 Å². The van der Waals surface area contributed by atoms with Crippen LogP contribution in [0.5, 0.6) is 0 Å². The molecule has 1 N–H and O–H groups in total. The largest absolute Gasteiger partial charge is 0.340 e. The molecule has 0 saturated carbocycles. The highest BCUT2D eigenvalue weighted by atomic mass is 35.5. The number of hydrogen-bond acceptors (Lipinski definition) is 2. The first-order valence-electron chi connectivity index (χ1n) is 7.28. The minimum Gasteiger partial charge on any atom is -0.340 e. The van der Waals surface area contributed by atoms with Crippen LogP contribution in [0.3, 0.4) is 0 Å². The molecule has 7 heteroatoms. The second-order valence-corrected chi connectivity index (χ2v) is 5.81. The Labute approximate surface area is 142 Å². The number of benzene rings is 2. The SMILES string of the molecule is O=C(NC1CCN(c2ccc(F)cc2)C1=O)c1ccc(F)cc1Cl. The summed E-state index contributed by atoms with van der Waals surface area (Å²) in [5, 5.41) is 2.59. The summed E-state index contributed by atoms with van der Waals surface area (Å²) < 4.78 is 26.0. The van der Waals surface area contributed by atoms with Crippen molar-refractivity contribution in [1.82, 2.24) is 5.32 Å². The molecule has 0 bridgehead atoms. The Kier molecular flexibility index (Phi) is 4.49. The fourth-order valence-corrected chi connectivity index (χ4v) is 2.85. The van der Waals surface area contributed by atoms with Gasteiger partial charge in [0.25, 0.3) is 5.91 Å². The van der Waals surface area contributed by atoms with Gasteiger partial charge in [-0.3, -0.25) is 9.59 Å². The lowest BCUT2D eigenvalue weighted by atomic mass is 10.1. The number of carbonyl (C=O) groups is 2. The maximum absolute atomic E-state index is 13.0. The van der Waals surface area contributed by atoms with Gasteiger partial charge in [0.15, 0.2) is 0 Å². The monoisotopic (exact) mass is 350 g/mol. The Bertz CT molecular complexity index is 796. The van der Waals surface area contributed by atoms with Crippen molar-refractivity contribution in [3.05, 3.63) is 64.7 Å². The minimum atomic E-state index is -0.705. The molecule has 3 rings (SSSR count). The van der Waals surface area contributed by atoms with Crippen LogP contribution < -0.4 is 10.2 Å². The first kappa shape index (κ1) is 16.4. The van der Waals surface area contributed by atoms with E-state index in [0.717, 1.165) is 12.1 Å². The van der Waals surface area contributed by atoms with Crippen LogP contribution in [0, 0.1) is 11.6 Å². The Balaban J connectivity index is 1.71. The van der Waals surface area contributed by atoms with E-state index in [-0.39, 0.29) is 22.3 Å². The molecule has 24 heavy (non-hydrogen) atoms. The number of rotatable bonds is 3. The number of amides is 2. The second kappa shape index (κ2) is 6.57. The van der Waals surface area contributed by atoms with Crippen molar-refractivity contribution < 1.29 is 18.4 Å².